The molecular formula is C36H45N5O7S. The Balaban J connectivity index is 1.59. The third kappa shape index (κ3) is 9.52. The topological polar surface area (TPSA) is 160 Å². The molecule has 1 heterocycles. The van der Waals surface area contributed by atoms with Gasteiger partial charge in [0.25, 0.3) is 5.91 Å². The van der Waals surface area contributed by atoms with E-state index in [2.05, 4.69) is 10.5 Å². The number of nitrogens with zero attached hydrogens (tertiary/aromatic N) is 4. The number of aliphatic hydroxyl groups is 1. The van der Waals surface area contributed by atoms with Gasteiger partial charge < -0.3 is 20.5 Å². The van der Waals surface area contributed by atoms with E-state index in [9.17, 15) is 27.9 Å². The Morgan fingerprint density at radius 3 is 2.06 bits per heavy atom. The van der Waals surface area contributed by atoms with E-state index in [1.807, 2.05) is 74.5 Å². The molecule has 1 aliphatic heterocycles. The van der Waals surface area contributed by atoms with Gasteiger partial charge in [-0.15, -0.1) is 0 Å². The van der Waals surface area contributed by atoms with Gasteiger partial charge in [0.15, 0.2) is 0 Å². The summed E-state index contributed by atoms with van der Waals surface area (Å²) >= 11 is 0. The zero-order chi connectivity index (χ0) is 35.7. The fourth-order valence-corrected chi connectivity index (χ4v) is 7.50. The monoisotopic (exact) mass is 691 g/mol. The lowest BCUT2D eigenvalue weighted by atomic mass is 9.97. The van der Waals surface area contributed by atoms with Gasteiger partial charge in [-0.25, -0.2) is 13.2 Å². The summed E-state index contributed by atoms with van der Waals surface area (Å²) in [6, 6.07) is 21.6. The number of sulfonamides is 1. The van der Waals surface area contributed by atoms with Crippen molar-refractivity contribution in [3.8, 4) is 0 Å². The lowest BCUT2D eigenvalue weighted by molar-refractivity contribution is -0.129. The fourth-order valence-electron chi connectivity index (χ4n) is 5.88. The molecule has 262 valence electrons. The molecule has 3 atom stereocenters. The van der Waals surface area contributed by atoms with Crippen molar-refractivity contribution in [3.05, 3.63) is 102 Å². The van der Waals surface area contributed by atoms with Gasteiger partial charge in [-0.2, -0.15) is 4.31 Å². The molecule has 49 heavy (non-hydrogen) atoms. The largest absolute Gasteiger partial charge is 0.411 e. The predicted octanol–water partition coefficient (Wildman–Crippen LogP) is 3.72. The second kappa shape index (κ2) is 16.7. The summed E-state index contributed by atoms with van der Waals surface area (Å²) in [6.45, 7) is 6.87. The van der Waals surface area contributed by atoms with E-state index >= 15 is 0 Å². The van der Waals surface area contributed by atoms with Crippen molar-refractivity contribution in [2.75, 3.05) is 19.6 Å². The molecule has 0 saturated carbocycles. The number of amides is 4. The Labute approximate surface area is 288 Å². The average molecular weight is 692 g/mol. The zero-order valence-electron chi connectivity index (χ0n) is 28.2. The molecule has 13 heteroatoms. The number of carbonyl (C=O) groups excluding carboxylic acids is 3. The molecule has 12 nitrogen and oxygen atoms in total. The lowest BCUT2D eigenvalue weighted by Crippen LogP contribution is -2.57. The first-order chi connectivity index (χ1) is 23.3. The number of carbonyl (C=O) groups is 3. The van der Waals surface area contributed by atoms with E-state index in [1.54, 1.807) is 13.8 Å². The van der Waals surface area contributed by atoms with Crippen LogP contribution in [0.1, 0.15) is 44.4 Å². The quantitative estimate of drug-likeness (QED) is 0.0894. The highest BCUT2D eigenvalue weighted by atomic mass is 32.2. The molecular weight excluding hydrogens is 646 g/mol. The van der Waals surface area contributed by atoms with Crippen LogP contribution in [0.4, 0.5) is 4.79 Å². The summed E-state index contributed by atoms with van der Waals surface area (Å²) in [4.78, 5) is 43.0. The van der Waals surface area contributed by atoms with Crippen molar-refractivity contribution in [2.45, 2.75) is 63.7 Å². The first-order valence-corrected chi connectivity index (χ1v) is 17.7. The van der Waals surface area contributed by atoms with Gasteiger partial charge in [-0.1, -0.05) is 106 Å². The van der Waals surface area contributed by atoms with Gasteiger partial charge in [0.2, 0.25) is 15.9 Å². The molecule has 0 spiro atoms. The predicted molar refractivity (Wildman–Crippen MR) is 185 cm³/mol. The van der Waals surface area contributed by atoms with Crippen LogP contribution in [0.15, 0.2) is 95.0 Å². The maximum absolute atomic E-state index is 14.1. The van der Waals surface area contributed by atoms with Crippen molar-refractivity contribution in [1.29, 1.82) is 0 Å². The van der Waals surface area contributed by atoms with E-state index in [0.29, 0.717) is 5.56 Å². The molecule has 1 saturated heterocycles. The summed E-state index contributed by atoms with van der Waals surface area (Å²) in [6.07, 6.45) is 0.00702. The van der Waals surface area contributed by atoms with Crippen LogP contribution in [-0.2, 0) is 32.6 Å². The maximum Gasteiger partial charge on any atom is 0.328 e. The van der Waals surface area contributed by atoms with Gasteiger partial charge >= 0.3 is 6.03 Å². The third-order valence-electron chi connectivity index (χ3n) is 8.28. The SMILES string of the molecule is CC(C)CN(C[C@@H](O)[C@H](Cc1ccccc1)NC(=O)[C@H](C(C)C)N1CC(=O)N(Cc2ccccc2)C1=O)S(=O)(=O)c1ccc(/C=N/O)cc1. The van der Waals surface area contributed by atoms with Crippen molar-refractivity contribution in [1.82, 2.24) is 19.4 Å². The van der Waals surface area contributed by atoms with Gasteiger partial charge in [0, 0.05) is 13.1 Å². The standard InChI is InChI=1S/C36H45N5O7S/c1-25(2)21-39(49(47,48)30-17-15-28(16-18-30)20-37-46)23-32(42)31(19-27-11-7-5-8-12-27)38-35(44)34(26(3)4)41-24-33(43)40(36(41)45)22-29-13-9-6-10-14-29/h5-18,20,25-26,31-32,34,42,46H,19,21-24H2,1-4H3,(H,38,44)/b37-20+/t31-,32+,34-/m0/s1. The summed E-state index contributed by atoms with van der Waals surface area (Å²) in [5, 5.41) is 26.4. The molecule has 1 aliphatic rings. The average Bonchev–Trinajstić information content (AvgIpc) is 3.33. The van der Waals surface area contributed by atoms with Crippen molar-refractivity contribution in [2.24, 2.45) is 17.0 Å². The Bertz CT molecular complexity index is 1700. The third-order valence-corrected chi connectivity index (χ3v) is 10.1. The van der Waals surface area contributed by atoms with Crippen LogP contribution in [0, 0.1) is 11.8 Å². The van der Waals surface area contributed by atoms with Crippen molar-refractivity contribution >= 4 is 34.1 Å². The lowest BCUT2D eigenvalue weighted by Gasteiger charge is -2.34. The minimum atomic E-state index is -4.09. The van der Waals surface area contributed by atoms with Gasteiger partial charge in [-0.3, -0.25) is 14.5 Å². The Morgan fingerprint density at radius 2 is 1.51 bits per heavy atom. The van der Waals surface area contributed by atoms with Crippen LogP contribution >= 0.6 is 0 Å². The molecule has 1 fully saturated rings. The Hall–Kier alpha value is -4.59. The van der Waals surface area contributed by atoms with Gasteiger partial charge in [0.1, 0.15) is 12.6 Å². The van der Waals surface area contributed by atoms with Crippen LogP contribution in [0.3, 0.4) is 0 Å². The number of nitrogens with one attached hydrogen (secondary N) is 1. The molecule has 0 aliphatic carbocycles. The van der Waals surface area contributed by atoms with Crippen LogP contribution in [0.2, 0.25) is 0 Å². The smallest absolute Gasteiger partial charge is 0.328 e. The van der Waals surface area contributed by atoms with Crippen molar-refractivity contribution < 1.29 is 33.1 Å². The van der Waals surface area contributed by atoms with Crippen LogP contribution in [-0.4, -0.2) is 94.7 Å². The molecule has 3 aromatic carbocycles. The second-order valence-electron chi connectivity index (χ2n) is 13.0. The van der Waals surface area contributed by atoms with Crippen LogP contribution < -0.4 is 5.32 Å². The van der Waals surface area contributed by atoms with E-state index < -0.39 is 46.1 Å². The summed E-state index contributed by atoms with van der Waals surface area (Å²) in [5.74, 6) is -1.45. The number of hydrogen-bond acceptors (Lipinski definition) is 8. The number of imide groups is 1. The highest BCUT2D eigenvalue weighted by Gasteiger charge is 2.44. The molecule has 4 amide bonds. The second-order valence-corrected chi connectivity index (χ2v) is 14.9. The first kappa shape index (κ1) is 37.2. The molecule has 3 aromatic rings. The number of rotatable bonds is 16. The molecule has 4 rings (SSSR count). The maximum atomic E-state index is 14.1. The molecule has 3 N–H and O–H groups in total. The number of benzene rings is 3. The normalized spacial score (nSPS) is 15.8. The molecule has 0 aromatic heterocycles. The number of hydrogen-bond donors (Lipinski definition) is 3. The number of aliphatic hydroxyl groups excluding tert-OH is 1. The highest BCUT2D eigenvalue weighted by molar-refractivity contribution is 7.89. The number of oxime groups is 1. The highest BCUT2D eigenvalue weighted by Crippen LogP contribution is 2.23. The Kier molecular flexibility index (Phi) is 12.7. The van der Waals surface area contributed by atoms with E-state index in [1.165, 1.54) is 39.7 Å². The van der Waals surface area contributed by atoms with Gasteiger partial charge in [0.05, 0.1) is 29.8 Å². The summed E-state index contributed by atoms with van der Waals surface area (Å²) in [7, 11) is -4.09. The zero-order valence-corrected chi connectivity index (χ0v) is 29.0. The summed E-state index contributed by atoms with van der Waals surface area (Å²) < 4.78 is 28.9. The summed E-state index contributed by atoms with van der Waals surface area (Å²) in [5.41, 5.74) is 2.08. The minimum absolute atomic E-state index is 0.00349. The Morgan fingerprint density at radius 1 is 0.918 bits per heavy atom. The van der Waals surface area contributed by atoms with E-state index in [0.717, 1.165) is 16.0 Å². The molecule has 0 bridgehead atoms. The van der Waals surface area contributed by atoms with E-state index in [-0.39, 0.29) is 49.3 Å². The first-order valence-electron chi connectivity index (χ1n) is 16.3. The molecule has 0 unspecified atom stereocenters. The van der Waals surface area contributed by atoms with E-state index in [4.69, 9.17) is 5.21 Å². The minimum Gasteiger partial charge on any atom is -0.411 e. The van der Waals surface area contributed by atoms with Crippen LogP contribution in [0.5, 0.6) is 0 Å². The van der Waals surface area contributed by atoms with Gasteiger partial charge in [-0.05, 0) is 47.1 Å². The van der Waals surface area contributed by atoms with Crippen LogP contribution in [0.25, 0.3) is 0 Å². The van der Waals surface area contributed by atoms with Crippen molar-refractivity contribution in [3.63, 3.8) is 0 Å². The fraction of sp³-hybridized carbons (Fsp3) is 0.389. The molecule has 0 radical (unpaired) electrons. The number of urea groups is 1.